The van der Waals surface area contributed by atoms with Crippen molar-refractivity contribution in [3.05, 3.63) is 174 Å². The molecule has 0 aliphatic carbocycles. The molecular weight excluding hydrogens is 779 g/mol. The van der Waals surface area contributed by atoms with E-state index in [4.69, 9.17) is 14.4 Å². The predicted molar refractivity (Wildman–Crippen MR) is 196 cm³/mol. The number of fused-ring (bicyclic) bond motifs is 3. The van der Waals surface area contributed by atoms with Gasteiger partial charge in [0.2, 0.25) is 0 Å². The number of para-hydroxylation sites is 1. The molecule has 0 unspecified atom stereocenters. The van der Waals surface area contributed by atoms with Crippen molar-refractivity contribution in [1.82, 2.24) is 15.0 Å². The molecule has 0 saturated carbocycles. The molecule has 0 saturated heterocycles. The maximum atomic E-state index is 6.45. The Kier molecular flexibility index (Phi) is 9.96. The van der Waals surface area contributed by atoms with Crippen molar-refractivity contribution in [3.8, 4) is 33.6 Å². The number of rotatable bonds is 5. The molecule has 4 heterocycles. The summed E-state index contributed by atoms with van der Waals surface area (Å²) in [7, 11) is 0. The summed E-state index contributed by atoms with van der Waals surface area (Å²) in [6, 6.07) is 46.2. The summed E-state index contributed by atoms with van der Waals surface area (Å²) in [6.45, 7) is 8.56. The molecule has 0 N–H and O–H groups in total. The number of hydrogen-bond donors (Lipinski definition) is 0. The van der Waals surface area contributed by atoms with E-state index in [1.807, 2.05) is 92.1 Å². The normalized spacial score (nSPS) is 11.1. The number of pyridine rings is 3. The topological polar surface area (TPSA) is 51.8 Å². The van der Waals surface area contributed by atoms with Crippen molar-refractivity contribution in [2.75, 3.05) is 0 Å². The molecule has 8 aromatic rings. The SMILES string of the molecule is Cc1cc(-c2[c-]nc(C(C)(C)c3ccccc3)c3c2oc2ccccc23)ncc1-c1ccccc1.Cc1ccc(-c2[c-]cccc2)nc1.[Ir]. The molecule has 4 aromatic carbocycles. The van der Waals surface area contributed by atoms with Gasteiger partial charge in [0.25, 0.3) is 0 Å². The Labute approximate surface area is 301 Å². The van der Waals surface area contributed by atoms with Gasteiger partial charge >= 0.3 is 0 Å². The van der Waals surface area contributed by atoms with Crippen molar-refractivity contribution >= 4 is 21.9 Å². The fraction of sp³-hybridized carbons (Fsp3) is 0.114. The molecule has 4 aromatic heterocycles. The molecule has 4 nitrogen and oxygen atoms in total. The second-order valence-electron chi connectivity index (χ2n) is 12.5. The standard InChI is InChI=1S/C32H25N2O.C12H10N.Ir/c1-21-18-27(33-19-25(21)22-12-6-4-7-13-22)26-20-34-31(32(2,3)23-14-8-5-9-15-23)29-24-16-10-11-17-28(24)35-30(26)29;1-10-7-8-12(13-9-10)11-5-3-2-4-6-11;/h4-19H,1-3H3;2-5,7-9H,1H3;/q2*-1;. The van der Waals surface area contributed by atoms with Crippen LogP contribution in [0.1, 0.15) is 36.2 Å². The monoisotopic (exact) mass is 814 g/mol. The van der Waals surface area contributed by atoms with Gasteiger partial charge in [-0.25, -0.2) is 0 Å². The number of aryl methyl sites for hydroxylation is 2. The smallest absolute Gasteiger partial charge is 0.121 e. The third-order valence-electron chi connectivity index (χ3n) is 8.77. The van der Waals surface area contributed by atoms with E-state index in [2.05, 4.69) is 92.6 Å². The summed E-state index contributed by atoms with van der Waals surface area (Å²) in [5.74, 6) is 0. The summed E-state index contributed by atoms with van der Waals surface area (Å²) in [5.41, 5.74) is 11.6. The van der Waals surface area contributed by atoms with Gasteiger partial charge < -0.3 is 19.4 Å². The molecular formula is C44H35IrN3O-2. The molecule has 5 heteroatoms. The fourth-order valence-corrected chi connectivity index (χ4v) is 6.08. The largest absolute Gasteiger partial charge is 0.500 e. The molecule has 0 aliphatic heterocycles. The Hall–Kier alpha value is -5.22. The third-order valence-corrected chi connectivity index (χ3v) is 8.77. The summed E-state index contributed by atoms with van der Waals surface area (Å²) in [4.78, 5) is 14.1. The second kappa shape index (κ2) is 14.5. The third kappa shape index (κ3) is 6.87. The maximum absolute atomic E-state index is 6.45. The molecule has 243 valence electrons. The van der Waals surface area contributed by atoms with Crippen LogP contribution in [0, 0.1) is 26.1 Å². The van der Waals surface area contributed by atoms with E-state index in [1.54, 1.807) is 0 Å². The number of furan rings is 1. The van der Waals surface area contributed by atoms with E-state index < -0.39 is 0 Å². The fourth-order valence-electron chi connectivity index (χ4n) is 6.08. The van der Waals surface area contributed by atoms with Crippen LogP contribution in [0.3, 0.4) is 0 Å². The average molecular weight is 814 g/mol. The Morgan fingerprint density at radius 3 is 2.08 bits per heavy atom. The summed E-state index contributed by atoms with van der Waals surface area (Å²) >= 11 is 0. The zero-order chi connectivity index (χ0) is 33.1. The Balaban J connectivity index is 0.000000250. The molecule has 0 atom stereocenters. The van der Waals surface area contributed by atoms with Gasteiger partial charge in [0, 0.05) is 43.4 Å². The van der Waals surface area contributed by atoms with Crippen molar-refractivity contribution in [2.24, 2.45) is 0 Å². The van der Waals surface area contributed by atoms with Crippen molar-refractivity contribution in [1.29, 1.82) is 0 Å². The minimum Gasteiger partial charge on any atom is -0.500 e. The zero-order valence-corrected chi connectivity index (χ0v) is 30.3. The molecule has 0 spiro atoms. The van der Waals surface area contributed by atoms with Gasteiger partial charge in [0.15, 0.2) is 0 Å². The number of hydrogen-bond acceptors (Lipinski definition) is 4. The summed E-state index contributed by atoms with van der Waals surface area (Å²) in [5, 5.41) is 2.08. The van der Waals surface area contributed by atoms with Crippen LogP contribution >= 0.6 is 0 Å². The van der Waals surface area contributed by atoms with Crippen LogP contribution in [0.5, 0.6) is 0 Å². The first-order valence-electron chi connectivity index (χ1n) is 16.1. The van der Waals surface area contributed by atoms with Crippen LogP contribution in [0.4, 0.5) is 0 Å². The Morgan fingerprint density at radius 2 is 1.39 bits per heavy atom. The first kappa shape index (κ1) is 33.7. The maximum Gasteiger partial charge on any atom is 0.121 e. The van der Waals surface area contributed by atoms with E-state index in [-0.39, 0.29) is 25.5 Å². The van der Waals surface area contributed by atoms with E-state index in [9.17, 15) is 0 Å². The quantitative estimate of drug-likeness (QED) is 0.162. The number of aromatic nitrogens is 3. The van der Waals surface area contributed by atoms with E-state index in [1.165, 1.54) is 11.1 Å². The van der Waals surface area contributed by atoms with E-state index in [0.29, 0.717) is 0 Å². The number of nitrogens with zero attached hydrogens (tertiary/aromatic N) is 3. The van der Waals surface area contributed by atoms with Gasteiger partial charge in [-0.05, 0) is 76.2 Å². The molecule has 0 amide bonds. The van der Waals surface area contributed by atoms with E-state index >= 15 is 0 Å². The first-order valence-corrected chi connectivity index (χ1v) is 16.1. The molecule has 49 heavy (non-hydrogen) atoms. The molecule has 0 fully saturated rings. The van der Waals surface area contributed by atoms with E-state index in [0.717, 1.165) is 66.8 Å². The van der Waals surface area contributed by atoms with Gasteiger partial charge in [-0.1, -0.05) is 116 Å². The predicted octanol–water partition coefficient (Wildman–Crippen LogP) is 11.0. The van der Waals surface area contributed by atoms with Gasteiger partial charge in [-0.2, -0.15) is 0 Å². The minimum absolute atomic E-state index is 0. The van der Waals surface area contributed by atoms with Gasteiger partial charge in [-0.15, -0.1) is 35.9 Å². The average Bonchev–Trinajstić information content (AvgIpc) is 3.53. The van der Waals surface area contributed by atoms with Crippen LogP contribution < -0.4 is 0 Å². The molecule has 0 aliphatic rings. The second-order valence-corrected chi connectivity index (χ2v) is 12.5. The molecule has 8 rings (SSSR count). The van der Waals surface area contributed by atoms with Crippen LogP contribution in [-0.2, 0) is 25.5 Å². The van der Waals surface area contributed by atoms with Gasteiger partial charge in [-0.3, -0.25) is 0 Å². The van der Waals surface area contributed by atoms with Crippen molar-refractivity contribution < 1.29 is 24.5 Å². The first-order chi connectivity index (χ1) is 23.4. The molecule has 1 radical (unpaired) electrons. The van der Waals surface area contributed by atoms with Crippen molar-refractivity contribution in [3.63, 3.8) is 0 Å². The van der Waals surface area contributed by atoms with Crippen LogP contribution in [0.15, 0.2) is 144 Å². The number of benzene rings is 4. The zero-order valence-electron chi connectivity index (χ0n) is 27.9. The Morgan fingerprint density at radius 1 is 0.694 bits per heavy atom. The summed E-state index contributed by atoms with van der Waals surface area (Å²) < 4.78 is 6.45. The minimum atomic E-state index is -0.332. The van der Waals surface area contributed by atoms with Crippen LogP contribution in [0.25, 0.3) is 55.6 Å². The molecule has 0 bridgehead atoms. The Bertz CT molecular complexity index is 2320. The van der Waals surface area contributed by atoms with Gasteiger partial charge in [0.1, 0.15) is 5.58 Å². The summed E-state index contributed by atoms with van der Waals surface area (Å²) in [6.07, 6.45) is 7.12. The van der Waals surface area contributed by atoms with Gasteiger partial charge in [0.05, 0.1) is 5.58 Å². The van der Waals surface area contributed by atoms with Crippen molar-refractivity contribution in [2.45, 2.75) is 33.1 Å². The van der Waals surface area contributed by atoms with Crippen LogP contribution in [-0.4, -0.2) is 15.0 Å². The van der Waals surface area contributed by atoms with Crippen LogP contribution in [0.2, 0.25) is 0 Å².